The lowest BCUT2D eigenvalue weighted by molar-refractivity contribution is -0.119. The normalized spacial score (nSPS) is 28.5. The number of hydrogen-bond acceptors (Lipinski definition) is 2. The van der Waals surface area contributed by atoms with Crippen LogP contribution in [0.5, 0.6) is 0 Å². The topological polar surface area (TPSA) is 41.1 Å². The van der Waals surface area contributed by atoms with Gasteiger partial charge in [-0.05, 0) is 12.5 Å². The predicted molar refractivity (Wildman–Crippen MR) is 46.3 cm³/mol. The fraction of sp³-hybridized carbons (Fsp3) is 0.444. The molecule has 3 nitrogen and oxygen atoms in total. The minimum Gasteiger partial charge on any atom is -0.328 e. The summed E-state index contributed by atoms with van der Waals surface area (Å²) in [5, 5.41) is 6.00. The van der Waals surface area contributed by atoms with Crippen molar-refractivity contribution in [3.05, 3.63) is 23.9 Å². The minimum atomic E-state index is 0.0686. The number of allylic oxidation sites excluding steroid dienone is 3. The number of carbonyl (C=O) groups excluding carboxylic acids is 1. The van der Waals surface area contributed by atoms with Gasteiger partial charge in [0, 0.05) is 18.2 Å². The summed E-state index contributed by atoms with van der Waals surface area (Å²) in [4.78, 5) is 11.1. The number of fused-ring (bicyclic) bond motifs is 1. The molecule has 1 atom stereocenters. The summed E-state index contributed by atoms with van der Waals surface area (Å²) in [6, 6.07) is 0. The molecule has 1 unspecified atom stereocenters. The van der Waals surface area contributed by atoms with E-state index in [1.807, 2.05) is 12.2 Å². The summed E-state index contributed by atoms with van der Waals surface area (Å²) in [6.45, 7) is 1.34. The molecule has 0 aromatic carbocycles. The molecule has 1 aliphatic carbocycles. The van der Waals surface area contributed by atoms with Crippen molar-refractivity contribution in [3.63, 3.8) is 0 Å². The van der Waals surface area contributed by atoms with E-state index in [4.69, 9.17) is 0 Å². The Hall–Kier alpha value is -1.09. The Kier molecular flexibility index (Phi) is 1.96. The van der Waals surface area contributed by atoms with E-state index >= 15 is 0 Å². The highest BCUT2D eigenvalue weighted by atomic mass is 16.1. The molecule has 0 spiro atoms. The van der Waals surface area contributed by atoms with Crippen molar-refractivity contribution in [2.75, 3.05) is 13.1 Å². The van der Waals surface area contributed by atoms with Crippen molar-refractivity contribution in [2.24, 2.45) is 5.92 Å². The number of nitrogens with one attached hydrogen (secondary N) is 2. The van der Waals surface area contributed by atoms with E-state index in [-0.39, 0.29) is 5.91 Å². The number of hydrogen-bond donors (Lipinski definition) is 2. The average Bonchev–Trinajstić information content (AvgIpc) is 2.25. The van der Waals surface area contributed by atoms with E-state index in [2.05, 4.69) is 16.7 Å². The molecule has 2 aliphatic rings. The standard InChI is InChI=1S/C9H12N2O/c12-9-6-10-5-7-3-1-2-4-8(7)11-9/h1-2,4,7,10H,3,5-6H2,(H,11,12). The molecule has 12 heavy (non-hydrogen) atoms. The van der Waals surface area contributed by atoms with Crippen LogP contribution in [0.3, 0.4) is 0 Å². The van der Waals surface area contributed by atoms with E-state index < -0.39 is 0 Å². The Labute approximate surface area is 71.5 Å². The summed E-state index contributed by atoms with van der Waals surface area (Å²) >= 11 is 0. The van der Waals surface area contributed by atoms with Gasteiger partial charge in [0.2, 0.25) is 5.91 Å². The molecule has 2 N–H and O–H groups in total. The molecular weight excluding hydrogens is 152 g/mol. The van der Waals surface area contributed by atoms with Gasteiger partial charge in [0.05, 0.1) is 6.54 Å². The minimum absolute atomic E-state index is 0.0686. The highest BCUT2D eigenvalue weighted by molar-refractivity contribution is 5.80. The van der Waals surface area contributed by atoms with Gasteiger partial charge in [-0.15, -0.1) is 0 Å². The van der Waals surface area contributed by atoms with Gasteiger partial charge >= 0.3 is 0 Å². The zero-order valence-electron chi connectivity index (χ0n) is 6.84. The first kappa shape index (κ1) is 7.55. The average molecular weight is 164 g/mol. The maximum atomic E-state index is 11.1. The first-order valence-corrected chi connectivity index (χ1v) is 4.23. The van der Waals surface area contributed by atoms with E-state index in [1.165, 1.54) is 0 Å². The first-order valence-electron chi connectivity index (χ1n) is 4.23. The molecule has 1 fully saturated rings. The van der Waals surface area contributed by atoms with Crippen LogP contribution in [0.1, 0.15) is 6.42 Å². The molecule has 1 saturated heterocycles. The maximum Gasteiger partial charge on any atom is 0.238 e. The van der Waals surface area contributed by atoms with Crippen LogP contribution in [-0.2, 0) is 4.79 Å². The molecule has 3 heteroatoms. The lowest BCUT2D eigenvalue weighted by Crippen LogP contribution is -2.28. The van der Waals surface area contributed by atoms with Gasteiger partial charge in [-0.2, -0.15) is 0 Å². The van der Waals surface area contributed by atoms with Crippen molar-refractivity contribution in [1.29, 1.82) is 0 Å². The van der Waals surface area contributed by atoms with Gasteiger partial charge in [0.25, 0.3) is 0 Å². The van der Waals surface area contributed by atoms with Crippen molar-refractivity contribution in [3.8, 4) is 0 Å². The van der Waals surface area contributed by atoms with Crippen LogP contribution < -0.4 is 10.6 Å². The lowest BCUT2D eigenvalue weighted by Gasteiger charge is -2.17. The second kappa shape index (κ2) is 3.11. The molecule has 1 aliphatic heterocycles. The zero-order chi connectivity index (χ0) is 8.39. The van der Waals surface area contributed by atoms with E-state index in [9.17, 15) is 4.79 Å². The van der Waals surface area contributed by atoms with E-state index in [0.717, 1.165) is 18.7 Å². The number of amides is 1. The van der Waals surface area contributed by atoms with Gasteiger partial charge in [-0.3, -0.25) is 4.79 Å². The summed E-state index contributed by atoms with van der Waals surface area (Å²) < 4.78 is 0. The number of carbonyl (C=O) groups is 1. The largest absolute Gasteiger partial charge is 0.328 e. The third kappa shape index (κ3) is 1.41. The third-order valence-electron chi connectivity index (χ3n) is 2.23. The SMILES string of the molecule is O=C1CNCC2CC=CC=C2N1. The predicted octanol–water partition coefficient (Wildman–Crippen LogP) is 0.166. The molecule has 0 saturated carbocycles. The smallest absolute Gasteiger partial charge is 0.238 e. The second-order valence-corrected chi connectivity index (χ2v) is 3.16. The van der Waals surface area contributed by atoms with Gasteiger partial charge in [0.1, 0.15) is 0 Å². The molecular formula is C9H12N2O. The highest BCUT2D eigenvalue weighted by Gasteiger charge is 2.20. The van der Waals surface area contributed by atoms with Crippen LogP contribution in [0.4, 0.5) is 0 Å². The van der Waals surface area contributed by atoms with Gasteiger partial charge in [-0.1, -0.05) is 12.2 Å². The Balaban J connectivity index is 2.18. The summed E-state index contributed by atoms with van der Waals surface area (Å²) in [5.74, 6) is 0.528. The first-order chi connectivity index (χ1) is 5.86. The summed E-state index contributed by atoms with van der Waals surface area (Å²) in [6.07, 6.45) is 7.14. The Morgan fingerprint density at radius 1 is 1.50 bits per heavy atom. The fourth-order valence-corrected chi connectivity index (χ4v) is 1.58. The summed E-state index contributed by atoms with van der Waals surface area (Å²) in [7, 11) is 0. The van der Waals surface area contributed by atoms with Crippen LogP contribution in [0.15, 0.2) is 23.9 Å². The molecule has 0 radical (unpaired) electrons. The Bertz CT molecular complexity index is 255. The monoisotopic (exact) mass is 164 g/mol. The van der Waals surface area contributed by atoms with Gasteiger partial charge < -0.3 is 10.6 Å². The molecule has 1 amide bonds. The third-order valence-corrected chi connectivity index (χ3v) is 2.23. The Morgan fingerprint density at radius 2 is 2.42 bits per heavy atom. The van der Waals surface area contributed by atoms with Crippen LogP contribution >= 0.6 is 0 Å². The second-order valence-electron chi connectivity index (χ2n) is 3.16. The molecule has 0 bridgehead atoms. The fourth-order valence-electron chi connectivity index (χ4n) is 1.58. The van der Waals surface area contributed by atoms with Crippen molar-refractivity contribution in [1.82, 2.24) is 10.6 Å². The van der Waals surface area contributed by atoms with Crippen molar-refractivity contribution in [2.45, 2.75) is 6.42 Å². The van der Waals surface area contributed by atoms with E-state index in [0.29, 0.717) is 12.5 Å². The van der Waals surface area contributed by atoms with Gasteiger partial charge in [0.15, 0.2) is 0 Å². The molecule has 64 valence electrons. The molecule has 0 aromatic rings. The molecule has 0 aromatic heterocycles. The summed E-state index contributed by atoms with van der Waals surface area (Å²) in [5.41, 5.74) is 1.06. The molecule has 1 heterocycles. The van der Waals surface area contributed by atoms with Crippen LogP contribution in [0, 0.1) is 5.92 Å². The van der Waals surface area contributed by atoms with Crippen molar-refractivity contribution < 1.29 is 4.79 Å². The maximum absolute atomic E-state index is 11.1. The van der Waals surface area contributed by atoms with Gasteiger partial charge in [-0.25, -0.2) is 0 Å². The Morgan fingerprint density at radius 3 is 3.33 bits per heavy atom. The number of rotatable bonds is 0. The quantitative estimate of drug-likeness (QED) is 0.535. The van der Waals surface area contributed by atoms with Crippen LogP contribution in [0.2, 0.25) is 0 Å². The zero-order valence-corrected chi connectivity index (χ0v) is 6.84. The van der Waals surface area contributed by atoms with E-state index in [1.54, 1.807) is 0 Å². The van der Waals surface area contributed by atoms with Crippen molar-refractivity contribution >= 4 is 5.91 Å². The van der Waals surface area contributed by atoms with Crippen LogP contribution in [0.25, 0.3) is 0 Å². The lowest BCUT2D eigenvalue weighted by atomic mass is 9.97. The highest BCUT2D eigenvalue weighted by Crippen LogP contribution is 2.18. The molecule has 2 rings (SSSR count). The van der Waals surface area contributed by atoms with Crippen LogP contribution in [-0.4, -0.2) is 19.0 Å².